The molecule has 0 aliphatic carbocycles. The fraction of sp³-hybridized carbons (Fsp3) is 0.857. The zero-order valence-electron chi connectivity index (χ0n) is 16.1. The van der Waals surface area contributed by atoms with Gasteiger partial charge in [0.15, 0.2) is 0 Å². The van der Waals surface area contributed by atoms with Crippen molar-refractivity contribution in [1.29, 1.82) is 0 Å². The fourth-order valence-corrected chi connectivity index (χ4v) is 2.89. The molecule has 3 nitrogen and oxygen atoms in total. The van der Waals surface area contributed by atoms with Crippen LogP contribution in [0.2, 0.25) is 0 Å². The average Bonchev–Trinajstić information content (AvgIpc) is 2.58. The maximum Gasteiger partial charge on any atom is 0.243 e. The summed E-state index contributed by atoms with van der Waals surface area (Å²) in [4.78, 5) is 16.3. The van der Waals surface area contributed by atoms with Crippen LogP contribution >= 0.6 is 0 Å². The van der Waals surface area contributed by atoms with Crippen molar-refractivity contribution in [3.63, 3.8) is 0 Å². The molecule has 24 heavy (non-hydrogen) atoms. The Morgan fingerprint density at radius 2 is 1.21 bits per heavy atom. The highest BCUT2D eigenvalue weighted by Gasteiger charge is 2.00. The number of hydrogen-bond donors (Lipinski definition) is 1. The van der Waals surface area contributed by atoms with Crippen molar-refractivity contribution in [1.82, 2.24) is 5.48 Å². The van der Waals surface area contributed by atoms with Crippen LogP contribution in [0.4, 0.5) is 0 Å². The monoisotopic (exact) mass is 339 g/mol. The Balaban J connectivity index is 3.07. The van der Waals surface area contributed by atoms with Crippen LogP contribution in [0, 0.1) is 0 Å². The van der Waals surface area contributed by atoms with Crippen LogP contribution in [-0.2, 0) is 9.63 Å². The van der Waals surface area contributed by atoms with E-state index in [1.807, 2.05) is 0 Å². The predicted molar refractivity (Wildman–Crippen MR) is 104 cm³/mol. The highest BCUT2D eigenvalue weighted by Crippen LogP contribution is 2.13. The Morgan fingerprint density at radius 3 is 1.62 bits per heavy atom. The smallest absolute Gasteiger partial charge is 0.243 e. The summed E-state index contributed by atoms with van der Waals surface area (Å²) in [7, 11) is 0. The molecule has 0 atom stereocenters. The molecule has 0 aromatic carbocycles. The van der Waals surface area contributed by atoms with Gasteiger partial charge >= 0.3 is 0 Å². The number of rotatable bonds is 19. The molecule has 0 aromatic rings. The molecule has 142 valence electrons. The van der Waals surface area contributed by atoms with Crippen LogP contribution in [0.3, 0.4) is 0 Å². The van der Waals surface area contributed by atoms with Crippen molar-refractivity contribution in [2.24, 2.45) is 0 Å². The molecule has 0 spiro atoms. The number of nitrogens with one attached hydrogen (secondary N) is 1. The van der Waals surface area contributed by atoms with E-state index >= 15 is 0 Å². The zero-order valence-corrected chi connectivity index (χ0v) is 16.1. The fourth-order valence-electron chi connectivity index (χ4n) is 2.89. The van der Waals surface area contributed by atoms with Crippen LogP contribution in [0.5, 0.6) is 0 Å². The molecule has 0 saturated heterocycles. The molecule has 0 saturated carbocycles. The minimum atomic E-state index is -0.0217. The normalized spacial score (nSPS) is 10.7. The van der Waals surface area contributed by atoms with E-state index in [0.29, 0.717) is 13.0 Å². The van der Waals surface area contributed by atoms with Gasteiger partial charge in [-0.2, -0.15) is 0 Å². The zero-order chi connectivity index (χ0) is 17.7. The Hall–Kier alpha value is -0.830. The number of hydrogen-bond acceptors (Lipinski definition) is 2. The molecule has 1 N–H and O–H groups in total. The molecule has 0 aliphatic heterocycles. The van der Waals surface area contributed by atoms with Crippen molar-refractivity contribution >= 4 is 5.91 Å². The van der Waals surface area contributed by atoms with Crippen LogP contribution in [0.25, 0.3) is 0 Å². The van der Waals surface area contributed by atoms with Gasteiger partial charge in [0.25, 0.3) is 0 Å². The van der Waals surface area contributed by atoms with Gasteiger partial charge < -0.3 is 0 Å². The third-order valence-electron chi connectivity index (χ3n) is 4.39. The second-order valence-electron chi connectivity index (χ2n) is 6.82. The molecule has 0 bridgehead atoms. The van der Waals surface area contributed by atoms with Gasteiger partial charge in [0.1, 0.15) is 0 Å². The molecule has 0 rings (SSSR count). The second-order valence-corrected chi connectivity index (χ2v) is 6.82. The first-order chi connectivity index (χ1) is 11.8. The van der Waals surface area contributed by atoms with E-state index in [9.17, 15) is 4.79 Å². The van der Waals surface area contributed by atoms with E-state index in [2.05, 4.69) is 19.0 Å². The van der Waals surface area contributed by atoms with Crippen molar-refractivity contribution in [2.45, 2.75) is 110 Å². The quantitative estimate of drug-likeness (QED) is 0.166. The first-order valence-corrected chi connectivity index (χ1v) is 10.3. The summed E-state index contributed by atoms with van der Waals surface area (Å²) in [5, 5.41) is 0. The minimum Gasteiger partial charge on any atom is -0.273 e. The van der Waals surface area contributed by atoms with Gasteiger partial charge in [-0.15, -0.1) is 6.58 Å². The van der Waals surface area contributed by atoms with Crippen molar-refractivity contribution in [2.75, 3.05) is 6.61 Å². The van der Waals surface area contributed by atoms with E-state index in [-0.39, 0.29) is 5.91 Å². The lowest BCUT2D eigenvalue weighted by Gasteiger charge is -2.04. The molecule has 1 amide bonds. The molecule has 0 aliphatic rings. The van der Waals surface area contributed by atoms with Crippen LogP contribution in [0.1, 0.15) is 110 Å². The summed E-state index contributed by atoms with van der Waals surface area (Å²) in [5.41, 5.74) is 2.42. The summed E-state index contributed by atoms with van der Waals surface area (Å²) < 4.78 is 0. The third kappa shape index (κ3) is 19.2. The third-order valence-corrected chi connectivity index (χ3v) is 4.39. The number of carbonyl (C=O) groups excluding carboxylic acids is 1. The maximum atomic E-state index is 11.4. The first-order valence-electron chi connectivity index (χ1n) is 10.3. The van der Waals surface area contributed by atoms with E-state index in [4.69, 9.17) is 4.84 Å². The molecule has 0 aromatic heterocycles. The molecular formula is C21H41NO2. The highest BCUT2D eigenvalue weighted by molar-refractivity contribution is 5.74. The van der Waals surface area contributed by atoms with Crippen LogP contribution < -0.4 is 5.48 Å². The highest BCUT2D eigenvalue weighted by atomic mass is 16.6. The Morgan fingerprint density at radius 1 is 0.792 bits per heavy atom. The minimum absolute atomic E-state index is 0.0217. The van der Waals surface area contributed by atoms with Gasteiger partial charge in [0.05, 0.1) is 6.61 Å². The Kier molecular flexibility index (Phi) is 19.5. The summed E-state index contributed by atoms with van der Waals surface area (Å²) in [6, 6.07) is 0. The topological polar surface area (TPSA) is 38.3 Å². The van der Waals surface area contributed by atoms with Gasteiger partial charge in [-0.25, -0.2) is 5.48 Å². The van der Waals surface area contributed by atoms with Gasteiger partial charge in [0.2, 0.25) is 5.91 Å². The summed E-state index contributed by atoms with van der Waals surface area (Å²) in [5.74, 6) is -0.0217. The number of carbonyl (C=O) groups is 1. The standard InChI is InChI=1S/C21H41NO2/c1-3-5-6-7-8-9-10-11-12-13-14-15-16-17-18-19-21(23)22-24-20-4-2/h4H,2-3,5-20H2,1H3,(H,22,23). The average molecular weight is 340 g/mol. The lowest BCUT2D eigenvalue weighted by molar-refractivity contribution is -0.132. The molecule has 0 unspecified atom stereocenters. The Bertz CT molecular complexity index is 279. The number of hydroxylamine groups is 1. The Labute approximate surface area is 150 Å². The maximum absolute atomic E-state index is 11.4. The van der Waals surface area contributed by atoms with Gasteiger partial charge in [-0.05, 0) is 6.42 Å². The van der Waals surface area contributed by atoms with Crippen LogP contribution in [0.15, 0.2) is 12.7 Å². The summed E-state index contributed by atoms with van der Waals surface area (Å²) in [6.45, 7) is 6.17. The van der Waals surface area contributed by atoms with Crippen molar-refractivity contribution < 1.29 is 9.63 Å². The molecule has 0 radical (unpaired) electrons. The molecular weight excluding hydrogens is 298 g/mol. The van der Waals surface area contributed by atoms with Crippen molar-refractivity contribution in [3.8, 4) is 0 Å². The van der Waals surface area contributed by atoms with Gasteiger partial charge in [-0.3, -0.25) is 9.63 Å². The SMILES string of the molecule is C=CCONC(=O)CCCCCCCCCCCCCCCCC. The van der Waals surface area contributed by atoms with Crippen LogP contribution in [-0.4, -0.2) is 12.5 Å². The lowest BCUT2D eigenvalue weighted by atomic mass is 10.0. The molecule has 0 heterocycles. The van der Waals surface area contributed by atoms with Crippen molar-refractivity contribution in [3.05, 3.63) is 12.7 Å². The van der Waals surface area contributed by atoms with E-state index in [0.717, 1.165) is 12.8 Å². The first kappa shape index (κ1) is 23.2. The van der Waals surface area contributed by atoms with Gasteiger partial charge in [0, 0.05) is 6.42 Å². The lowest BCUT2D eigenvalue weighted by Crippen LogP contribution is -2.23. The van der Waals surface area contributed by atoms with Gasteiger partial charge in [-0.1, -0.05) is 103 Å². The molecule has 3 heteroatoms. The molecule has 0 fully saturated rings. The second kappa shape index (κ2) is 20.2. The predicted octanol–water partition coefficient (Wildman–Crippen LogP) is 6.48. The largest absolute Gasteiger partial charge is 0.273 e. The number of amides is 1. The summed E-state index contributed by atoms with van der Waals surface area (Å²) in [6.07, 6.45) is 22.3. The summed E-state index contributed by atoms with van der Waals surface area (Å²) >= 11 is 0. The van der Waals surface area contributed by atoms with E-state index in [1.54, 1.807) is 6.08 Å². The number of unbranched alkanes of at least 4 members (excludes halogenated alkanes) is 14. The van der Waals surface area contributed by atoms with E-state index < -0.39 is 0 Å². The van der Waals surface area contributed by atoms with E-state index in [1.165, 1.54) is 83.5 Å².